The number of hydrogen-bond donors (Lipinski definition) is 1. The maximum atomic E-state index is 13.3. The zero-order valence-electron chi connectivity index (χ0n) is 21.2. The van der Waals surface area contributed by atoms with Crippen molar-refractivity contribution in [2.24, 2.45) is 0 Å². The molecule has 3 aromatic carbocycles. The molecule has 0 unspecified atom stereocenters. The summed E-state index contributed by atoms with van der Waals surface area (Å²) >= 11 is 3.39. The summed E-state index contributed by atoms with van der Waals surface area (Å²) in [5, 5.41) is 11.2. The minimum atomic E-state index is -0.722. The molecular weight excluding hydrogens is 536 g/mol. The highest BCUT2D eigenvalue weighted by atomic mass is 79.9. The molecular formula is C29H29BrN2O5. The molecule has 4 rings (SSSR count). The van der Waals surface area contributed by atoms with E-state index >= 15 is 0 Å². The predicted molar refractivity (Wildman–Crippen MR) is 147 cm³/mol. The fourth-order valence-electron chi connectivity index (χ4n) is 4.46. The van der Waals surface area contributed by atoms with Crippen molar-refractivity contribution >= 4 is 39.1 Å². The SMILES string of the molecule is COc1ccc(CCN2C(=O)C(=O)C(=C(O)c3ccc(Br)cc3)[C@@H]2c2ccc(N(C)C)cc2)cc1OC. The van der Waals surface area contributed by atoms with Crippen molar-refractivity contribution in [1.82, 2.24) is 4.90 Å². The molecule has 1 amide bonds. The molecule has 0 bridgehead atoms. The van der Waals surface area contributed by atoms with E-state index in [1.165, 1.54) is 4.90 Å². The molecule has 0 aromatic heterocycles. The van der Waals surface area contributed by atoms with Gasteiger partial charge >= 0.3 is 0 Å². The van der Waals surface area contributed by atoms with Gasteiger partial charge < -0.3 is 24.4 Å². The molecule has 0 aliphatic carbocycles. The lowest BCUT2D eigenvalue weighted by molar-refractivity contribution is -0.139. The normalized spacial score (nSPS) is 16.7. The van der Waals surface area contributed by atoms with Crippen molar-refractivity contribution in [3.8, 4) is 11.5 Å². The molecule has 192 valence electrons. The molecule has 1 N–H and O–H groups in total. The van der Waals surface area contributed by atoms with Gasteiger partial charge in [-0.15, -0.1) is 0 Å². The Hall–Kier alpha value is -3.78. The first-order chi connectivity index (χ1) is 17.7. The number of Topliss-reactive ketones (excluding diaryl/α,β-unsaturated/α-hetero) is 1. The highest BCUT2D eigenvalue weighted by Gasteiger charge is 2.45. The summed E-state index contributed by atoms with van der Waals surface area (Å²) in [5.41, 5.74) is 3.21. The van der Waals surface area contributed by atoms with Crippen LogP contribution in [0.1, 0.15) is 22.7 Å². The monoisotopic (exact) mass is 564 g/mol. The summed E-state index contributed by atoms with van der Waals surface area (Å²) in [6.07, 6.45) is 0.484. The van der Waals surface area contributed by atoms with Gasteiger partial charge in [-0.05, 0) is 53.9 Å². The molecule has 3 aromatic rings. The second kappa shape index (κ2) is 11.1. The Balaban J connectivity index is 1.75. The molecule has 1 atom stereocenters. The smallest absolute Gasteiger partial charge is 0.295 e. The van der Waals surface area contributed by atoms with Gasteiger partial charge in [-0.2, -0.15) is 0 Å². The molecule has 1 fully saturated rings. The number of amides is 1. The topological polar surface area (TPSA) is 79.3 Å². The van der Waals surface area contributed by atoms with Gasteiger partial charge in [0.15, 0.2) is 11.5 Å². The minimum absolute atomic E-state index is 0.0808. The first-order valence-electron chi connectivity index (χ1n) is 11.8. The van der Waals surface area contributed by atoms with Crippen molar-refractivity contribution in [1.29, 1.82) is 0 Å². The maximum Gasteiger partial charge on any atom is 0.295 e. The lowest BCUT2D eigenvalue weighted by Crippen LogP contribution is -2.31. The van der Waals surface area contributed by atoms with Gasteiger partial charge in [-0.25, -0.2) is 0 Å². The number of likely N-dealkylation sites (tertiary alicyclic amines) is 1. The lowest BCUT2D eigenvalue weighted by Gasteiger charge is -2.26. The Kier molecular flexibility index (Phi) is 7.88. The van der Waals surface area contributed by atoms with Crippen LogP contribution in [0.4, 0.5) is 5.69 Å². The van der Waals surface area contributed by atoms with E-state index < -0.39 is 17.7 Å². The van der Waals surface area contributed by atoms with Gasteiger partial charge in [0.25, 0.3) is 11.7 Å². The van der Waals surface area contributed by atoms with E-state index in [0.29, 0.717) is 23.5 Å². The number of halogens is 1. The molecule has 0 saturated carbocycles. The number of aliphatic hydroxyl groups excluding tert-OH is 1. The fraction of sp³-hybridized carbons (Fsp3) is 0.241. The summed E-state index contributed by atoms with van der Waals surface area (Å²) in [7, 11) is 7.03. The van der Waals surface area contributed by atoms with E-state index in [2.05, 4.69) is 15.9 Å². The number of anilines is 1. The third kappa shape index (κ3) is 5.34. The number of aliphatic hydroxyl groups is 1. The highest BCUT2D eigenvalue weighted by molar-refractivity contribution is 9.10. The van der Waals surface area contributed by atoms with Gasteiger partial charge in [0, 0.05) is 36.4 Å². The van der Waals surface area contributed by atoms with Crippen molar-refractivity contribution < 1.29 is 24.2 Å². The van der Waals surface area contributed by atoms with E-state index in [4.69, 9.17) is 9.47 Å². The van der Waals surface area contributed by atoms with Crippen LogP contribution in [0.5, 0.6) is 11.5 Å². The summed E-state index contributed by atoms with van der Waals surface area (Å²) in [4.78, 5) is 30.1. The number of carbonyl (C=O) groups is 2. The number of nitrogens with zero attached hydrogens (tertiary/aromatic N) is 2. The molecule has 0 radical (unpaired) electrons. The lowest BCUT2D eigenvalue weighted by atomic mass is 9.95. The third-order valence-corrected chi connectivity index (χ3v) is 7.00. The summed E-state index contributed by atoms with van der Waals surface area (Å²) in [6.45, 7) is 0.275. The molecule has 1 aliphatic heterocycles. The largest absolute Gasteiger partial charge is 0.507 e. The molecule has 7 nitrogen and oxygen atoms in total. The highest BCUT2D eigenvalue weighted by Crippen LogP contribution is 2.40. The van der Waals surface area contributed by atoms with Crippen LogP contribution >= 0.6 is 15.9 Å². The van der Waals surface area contributed by atoms with Crippen molar-refractivity contribution in [2.75, 3.05) is 39.8 Å². The van der Waals surface area contributed by atoms with Gasteiger partial charge in [0.2, 0.25) is 0 Å². The van der Waals surface area contributed by atoms with E-state index in [-0.39, 0.29) is 17.9 Å². The molecule has 1 saturated heterocycles. The van der Waals surface area contributed by atoms with Crippen LogP contribution in [0.25, 0.3) is 5.76 Å². The van der Waals surface area contributed by atoms with Crippen LogP contribution in [0.3, 0.4) is 0 Å². The number of rotatable bonds is 8. The summed E-state index contributed by atoms with van der Waals surface area (Å²) in [5.74, 6) is -0.327. The number of ether oxygens (including phenoxy) is 2. The van der Waals surface area contributed by atoms with E-state index in [0.717, 1.165) is 21.3 Å². The minimum Gasteiger partial charge on any atom is -0.507 e. The quantitative estimate of drug-likeness (QED) is 0.230. The zero-order chi connectivity index (χ0) is 26.7. The van der Waals surface area contributed by atoms with Gasteiger partial charge in [0.05, 0.1) is 25.8 Å². The van der Waals surface area contributed by atoms with Crippen LogP contribution in [0.2, 0.25) is 0 Å². The molecule has 1 heterocycles. The molecule has 1 aliphatic rings. The number of ketones is 1. The Labute approximate surface area is 225 Å². The third-order valence-electron chi connectivity index (χ3n) is 6.47. The Morgan fingerprint density at radius 3 is 2.19 bits per heavy atom. The van der Waals surface area contributed by atoms with Gasteiger partial charge in [-0.1, -0.05) is 46.3 Å². The average Bonchev–Trinajstić information content (AvgIpc) is 3.16. The predicted octanol–water partition coefficient (Wildman–Crippen LogP) is 5.20. The Bertz CT molecular complexity index is 1330. The standard InChI is InChI=1S/C29H29BrN2O5/c1-31(2)22-12-8-19(9-13-22)26-25(27(33)20-6-10-21(30)11-7-20)28(34)29(35)32(26)16-15-18-5-14-23(36-3)24(17-18)37-4/h5-14,17,26,33H,15-16H2,1-4H3/t26-/m0/s1. The maximum absolute atomic E-state index is 13.3. The Morgan fingerprint density at radius 2 is 1.59 bits per heavy atom. The molecule has 37 heavy (non-hydrogen) atoms. The second-order valence-corrected chi connectivity index (χ2v) is 9.84. The van der Waals surface area contributed by atoms with Crippen LogP contribution in [-0.2, 0) is 16.0 Å². The average molecular weight is 565 g/mol. The fourth-order valence-corrected chi connectivity index (χ4v) is 4.73. The van der Waals surface area contributed by atoms with Crippen molar-refractivity contribution in [3.05, 3.63) is 93.5 Å². The van der Waals surface area contributed by atoms with Crippen LogP contribution < -0.4 is 14.4 Å². The number of methoxy groups -OCH3 is 2. The van der Waals surface area contributed by atoms with E-state index in [9.17, 15) is 14.7 Å². The van der Waals surface area contributed by atoms with Crippen molar-refractivity contribution in [2.45, 2.75) is 12.5 Å². The number of benzene rings is 3. The van der Waals surface area contributed by atoms with E-state index in [1.807, 2.05) is 61.5 Å². The van der Waals surface area contributed by atoms with Gasteiger partial charge in [0.1, 0.15) is 5.76 Å². The summed E-state index contributed by atoms with van der Waals surface area (Å²) < 4.78 is 11.6. The molecule has 0 spiro atoms. The van der Waals surface area contributed by atoms with Gasteiger partial charge in [-0.3, -0.25) is 9.59 Å². The molecule has 8 heteroatoms. The first-order valence-corrected chi connectivity index (χ1v) is 12.6. The van der Waals surface area contributed by atoms with Crippen LogP contribution in [-0.4, -0.2) is 56.6 Å². The second-order valence-electron chi connectivity index (χ2n) is 8.92. The Morgan fingerprint density at radius 1 is 0.946 bits per heavy atom. The van der Waals surface area contributed by atoms with Crippen molar-refractivity contribution in [3.63, 3.8) is 0 Å². The number of carbonyl (C=O) groups excluding carboxylic acids is 2. The first kappa shape index (κ1) is 26.3. The zero-order valence-corrected chi connectivity index (χ0v) is 22.8. The van der Waals surface area contributed by atoms with Crippen LogP contribution in [0.15, 0.2) is 76.8 Å². The van der Waals surface area contributed by atoms with Crippen LogP contribution in [0, 0.1) is 0 Å². The van der Waals surface area contributed by atoms with E-state index in [1.54, 1.807) is 38.5 Å². The summed E-state index contributed by atoms with van der Waals surface area (Å²) in [6, 6.07) is 19.5. The number of hydrogen-bond acceptors (Lipinski definition) is 6.